The van der Waals surface area contributed by atoms with Gasteiger partial charge < -0.3 is 14.6 Å². The van der Waals surface area contributed by atoms with Crippen molar-refractivity contribution in [2.45, 2.75) is 30.0 Å². The molecule has 1 atom stereocenters. The number of anilines is 1. The van der Waals surface area contributed by atoms with E-state index in [-0.39, 0.29) is 23.1 Å². The Bertz CT molecular complexity index is 1990. The van der Waals surface area contributed by atoms with Crippen molar-refractivity contribution in [3.8, 4) is 11.5 Å². The number of ether oxygens (including phenoxy) is 2. The maximum Gasteiger partial charge on any atom is 0.301 e. The number of aromatic nitrogens is 4. The Labute approximate surface area is 278 Å². The number of hydrogen-bond acceptors (Lipinski definition) is 10. The van der Waals surface area contributed by atoms with E-state index >= 15 is 0 Å². The van der Waals surface area contributed by atoms with E-state index < -0.39 is 17.7 Å². The van der Waals surface area contributed by atoms with Gasteiger partial charge in [0.25, 0.3) is 5.78 Å². The van der Waals surface area contributed by atoms with Crippen molar-refractivity contribution in [2.24, 2.45) is 0 Å². The van der Waals surface area contributed by atoms with E-state index in [4.69, 9.17) is 21.1 Å². The molecule has 13 heteroatoms. The molecule has 3 aromatic heterocycles. The van der Waals surface area contributed by atoms with Crippen molar-refractivity contribution in [1.29, 1.82) is 0 Å². The number of hydrogen-bond donors (Lipinski definition) is 1. The number of aliphatic hydroxyl groups excluding tert-OH is 1. The standard InChI is InChI=1S/C33H28ClN5O5S2/c1-4-16-44-23-14-11-21(17-24(23)43-5-2)28-26(29(40)27-19(3)35-25-8-6-7-15-38(25)27)30(41)31(42)39(28)32-36-37-33(46-32)45-18-20-9-12-22(34)13-10-20/h4,6-15,17,28,40H,1,5,16,18H2,2-3H3. The molecule has 1 aliphatic rings. The Morgan fingerprint density at radius 1 is 1.11 bits per heavy atom. The topological polar surface area (TPSA) is 119 Å². The first kappa shape index (κ1) is 31.3. The summed E-state index contributed by atoms with van der Waals surface area (Å²) in [5.41, 5.74) is 2.83. The number of ketones is 1. The third-order valence-corrected chi connectivity index (χ3v) is 9.57. The van der Waals surface area contributed by atoms with Gasteiger partial charge in [0.05, 0.1) is 23.9 Å². The van der Waals surface area contributed by atoms with Gasteiger partial charge in [-0.1, -0.05) is 71.6 Å². The molecular formula is C33H28ClN5O5S2. The number of Topliss-reactive ketones (excluding diaryl/α,β-unsaturated/α-hetero) is 1. The van der Waals surface area contributed by atoms with Gasteiger partial charge in [0, 0.05) is 17.0 Å². The first-order valence-electron chi connectivity index (χ1n) is 14.3. The van der Waals surface area contributed by atoms with Gasteiger partial charge in [-0.05, 0) is 61.4 Å². The van der Waals surface area contributed by atoms with Crippen molar-refractivity contribution >= 4 is 62.9 Å². The summed E-state index contributed by atoms with van der Waals surface area (Å²) in [6, 6.07) is 17.0. The SMILES string of the molecule is C=CCOc1ccc(C2C(=C(O)c3c(C)nc4ccccn34)C(=O)C(=O)N2c2nnc(SCc3ccc(Cl)cc3)s2)cc1OCC. The number of aryl methyl sites for hydroxylation is 1. The number of pyridine rings is 1. The van der Waals surface area contributed by atoms with Gasteiger partial charge in [-0.15, -0.1) is 10.2 Å². The van der Waals surface area contributed by atoms with Crippen LogP contribution in [0.4, 0.5) is 5.13 Å². The molecule has 1 fully saturated rings. The number of halogens is 1. The minimum absolute atomic E-state index is 0.105. The average Bonchev–Trinajstić information content (AvgIpc) is 3.73. The summed E-state index contributed by atoms with van der Waals surface area (Å²) in [6.45, 7) is 7.89. The summed E-state index contributed by atoms with van der Waals surface area (Å²) < 4.78 is 14.0. The van der Waals surface area contributed by atoms with Crippen LogP contribution in [0.1, 0.15) is 35.5 Å². The van der Waals surface area contributed by atoms with Crippen LogP contribution >= 0.6 is 34.7 Å². The molecule has 5 aromatic rings. The van der Waals surface area contributed by atoms with Crippen molar-refractivity contribution in [1.82, 2.24) is 19.6 Å². The van der Waals surface area contributed by atoms with Crippen LogP contribution in [0.5, 0.6) is 11.5 Å². The fourth-order valence-electron chi connectivity index (χ4n) is 5.19. The van der Waals surface area contributed by atoms with Gasteiger partial charge in [-0.25, -0.2) is 4.98 Å². The number of carbonyl (C=O) groups is 2. The van der Waals surface area contributed by atoms with Gasteiger partial charge >= 0.3 is 5.91 Å². The lowest BCUT2D eigenvalue weighted by Gasteiger charge is -2.23. The quantitative estimate of drug-likeness (QED) is 0.0394. The van der Waals surface area contributed by atoms with Gasteiger partial charge in [-0.3, -0.25) is 18.9 Å². The number of imidazole rings is 1. The molecule has 1 aliphatic heterocycles. The number of amides is 1. The average molecular weight is 674 g/mol. The minimum Gasteiger partial charge on any atom is -0.505 e. The zero-order valence-electron chi connectivity index (χ0n) is 24.8. The lowest BCUT2D eigenvalue weighted by atomic mass is 9.96. The van der Waals surface area contributed by atoms with E-state index in [1.165, 1.54) is 28.0 Å². The number of aliphatic hydroxyl groups is 1. The molecule has 1 unspecified atom stereocenters. The maximum absolute atomic E-state index is 13.9. The molecule has 0 spiro atoms. The monoisotopic (exact) mass is 673 g/mol. The number of rotatable bonds is 11. The summed E-state index contributed by atoms with van der Waals surface area (Å²) in [5, 5.41) is 21.3. The summed E-state index contributed by atoms with van der Waals surface area (Å²) in [7, 11) is 0. The number of thioether (sulfide) groups is 1. The van der Waals surface area contributed by atoms with Gasteiger partial charge in [0.15, 0.2) is 21.6 Å². The molecule has 0 radical (unpaired) electrons. The van der Waals surface area contributed by atoms with E-state index in [0.717, 1.165) is 5.56 Å². The minimum atomic E-state index is -1.05. The predicted octanol–water partition coefficient (Wildman–Crippen LogP) is 7.03. The molecular weight excluding hydrogens is 646 g/mol. The predicted molar refractivity (Wildman–Crippen MR) is 179 cm³/mol. The molecule has 1 amide bonds. The van der Waals surface area contributed by atoms with Crippen molar-refractivity contribution in [3.05, 3.63) is 113 Å². The molecule has 46 heavy (non-hydrogen) atoms. The zero-order chi connectivity index (χ0) is 32.4. The van der Waals surface area contributed by atoms with E-state index in [1.54, 1.807) is 53.9 Å². The van der Waals surface area contributed by atoms with Gasteiger partial charge in [0.2, 0.25) is 5.13 Å². The maximum atomic E-state index is 13.9. The molecule has 10 nitrogen and oxygen atoms in total. The molecule has 0 aliphatic carbocycles. The van der Waals surface area contributed by atoms with Crippen LogP contribution in [0, 0.1) is 6.92 Å². The van der Waals surface area contributed by atoms with Crippen LogP contribution in [-0.4, -0.2) is 49.6 Å². The Morgan fingerprint density at radius 2 is 1.91 bits per heavy atom. The summed E-state index contributed by atoms with van der Waals surface area (Å²) in [4.78, 5) is 33.5. The molecule has 1 N–H and O–H groups in total. The zero-order valence-corrected chi connectivity index (χ0v) is 27.2. The Morgan fingerprint density at radius 3 is 2.67 bits per heavy atom. The number of fused-ring (bicyclic) bond motifs is 1. The number of benzene rings is 2. The largest absolute Gasteiger partial charge is 0.505 e. The van der Waals surface area contributed by atoms with Crippen molar-refractivity contribution in [2.75, 3.05) is 18.1 Å². The fourth-order valence-corrected chi connectivity index (χ4v) is 7.14. The van der Waals surface area contributed by atoms with E-state index in [2.05, 4.69) is 21.8 Å². The molecule has 1 saturated heterocycles. The van der Waals surface area contributed by atoms with Crippen LogP contribution in [0.15, 0.2) is 89.4 Å². The second-order valence-electron chi connectivity index (χ2n) is 10.1. The normalized spacial score (nSPS) is 15.9. The van der Waals surface area contributed by atoms with E-state index in [1.807, 2.05) is 37.3 Å². The van der Waals surface area contributed by atoms with Crippen molar-refractivity contribution < 1.29 is 24.2 Å². The highest BCUT2D eigenvalue weighted by atomic mass is 35.5. The first-order chi connectivity index (χ1) is 22.3. The highest BCUT2D eigenvalue weighted by Gasteiger charge is 2.49. The highest BCUT2D eigenvalue weighted by Crippen LogP contribution is 2.46. The first-order valence-corrected chi connectivity index (χ1v) is 16.4. The second-order valence-corrected chi connectivity index (χ2v) is 12.8. The Kier molecular flexibility index (Phi) is 9.11. The summed E-state index contributed by atoms with van der Waals surface area (Å²) in [5.74, 6) is -0.567. The highest BCUT2D eigenvalue weighted by molar-refractivity contribution is 8.00. The Hall–Kier alpha value is -4.65. The lowest BCUT2D eigenvalue weighted by molar-refractivity contribution is -0.132. The second kappa shape index (κ2) is 13.4. The molecule has 0 bridgehead atoms. The van der Waals surface area contributed by atoms with Crippen molar-refractivity contribution in [3.63, 3.8) is 0 Å². The molecule has 0 saturated carbocycles. The Balaban J connectivity index is 1.46. The number of carbonyl (C=O) groups excluding carboxylic acids is 2. The third-order valence-electron chi connectivity index (χ3n) is 7.19. The third kappa shape index (κ3) is 5.98. The van der Waals surface area contributed by atoms with Gasteiger partial charge in [0.1, 0.15) is 17.9 Å². The number of nitrogens with zero attached hydrogens (tertiary/aromatic N) is 5. The molecule has 2 aromatic carbocycles. The van der Waals surface area contributed by atoms with Gasteiger partial charge in [-0.2, -0.15) is 0 Å². The molecule has 6 rings (SSSR count). The van der Waals surface area contributed by atoms with Crippen LogP contribution < -0.4 is 14.4 Å². The molecule has 234 valence electrons. The smallest absolute Gasteiger partial charge is 0.301 e. The van der Waals surface area contributed by atoms with Crippen LogP contribution in [0.2, 0.25) is 5.02 Å². The summed E-state index contributed by atoms with van der Waals surface area (Å²) >= 11 is 8.65. The lowest BCUT2D eigenvalue weighted by Crippen LogP contribution is -2.29. The van der Waals surface area contributed by atoms with Crippen LogP contribution in [-0.2, 0) is 15.3 Å². The molecule has 4 heterocycles. The fraction of sp³-hybridized carbons (Fsp3) is 0.182. The van der Waals surface area contributed by atoms with E-state index in [0.29, 0.717) is 55.8 Å². The van der Waals surface area contributed by atoms with Crippen LogP contribution in [0.25, 0.3) is 11.4 Å². The summed E-state index contributed by atoms with van der Waals surface area (Å²) in [6.07, 6.45) is 3.36. The van der Waals surface area contributed by atoms with E-state index in [9.17, 15) is 14.7 Å². The van der Waals surface area contributed by atoms with Crippen LogP contribution in [0.3, 0.4) is 0 Å².